The Hall–Kier alpha value is -2.93. The summed E-state index contributed by atoms with van der Waals surface area (Å²) in [6.07, 6.45) is 2.23. The lowest BCUT2D eigenvalue weighted by Crippen LogP contribution is -2.23. The Labute approximate surface area is 158 Å². The molecule has 2 heterocycles. The molecule has 142 valence electrons. The molecule has 1 aromatic carbocycles. The van der Waals surface area contributed by atoms with Gasteiger partial charge in [0.1, 0.15) is 0 Å². The maximum absolute atomic E-state index is 12.1. The molecule has 0 fully saturated rings. The van der Waals surface area contributed by atoms with Gasteiger partial charge in [-0.25, -0.2) is 0 Å². The van der Waals surface area contributed by atoms with Gasteiger partial charge in [0.15, 0.2) is 5.76 Å². The Morgan fingerprint density at radius 3 is 2.85 bits per heavy atom. The van der Waals surface area contributed by atoms with Gasteiger partial charge in [-0.2, -0.15) is 4.98 Å². The molecule has 0 unspecified atom stereocenters. The van der Waals surface area contributed by atoms with Crippen LogP contribution in [0.3, 0.4) is 0 Å². The first-order valence-electron chi connectivity index (χ1n) is 9.03. The van der Waals surface area contributed by atoms with Crippen LogP contribution in [-0.4, -0.2) is 34.5 Å². The van der Waals surface area contributed by atoms with E-state index in [9.17, 15) is 4.79 Å². The molecule has 0 aliphatic heterocycles. The van der Waals surface area contributed by atoms with E-state index in [1.54, 1.807) is 18.4 Å². The highest BCUT2D eigenvalue weighted by Crippen LogP contribution is 2.16. The smallest absolute Gasteiger partial charge is 0.238 e. The van der Waals surface area contributed by atoms with Gasteiger partial charge < -0.3 is 19.2 Å². The van der Waals surface area contributed by atoms with Crippen LogP contribution in [0.5, 0.6) is 0 Å². The molecule has 0 aliphatic carbocycles. The minimum Gasteiger partial charge on any atom is -0.461 e. The van der Waals surface area contributed by atoms with Crippen molar-refractivity contribution < 1.29 is 13.7 Å². The summed E-state index contributed by atoms with van der Waals surface area (Å²) < 4.78 is 10.4. The van der Waals surface area contributed by atoms with Crippen LogP contribution in [-0.2, 0) is 24.3 Å². The fraction of sp³-hybridized carbons (Fsp3) is 0.350. The van der Waals surface area contributed by atoms with Gasteiger partial charge in [-0.3, -0.25) is 4.79 Å². The minimum atomic E-state index is -0.0520. The molecule has 0 bridgehead atoms. The van der Waals surface area contributed by atoms with Gasteiger partial charge >= 0.3 is 0 Å². The Balaban J connectivity index is 1.45. The third-order valence-corrected chi connectivity index (χ3v) is 4.25. The maximum Gasteiger partial charge on any atom is 0.238 e. The molecule has 3 aromatic rings. The highest BCUT2D eigenvalue weighted by molar-refractivity contribution is 5.76. The summed E-state index contributed by atoms with van der Waals surface area (Å²) in [7, 11) is 2.09. The molecule has 7 nitrogen and oxygen atoms in total. The first-order valence-corrected chi connectivity index (χ1v) is 9.03. The van der Waals surface area contributed by atoms with Gasteiger partial charge in [0.25, 0.3) is 0 Å². The van der Waals surface area contributed by atoms with E-state index < -0.39 is 0 Å². The van der Waals surface area contributed by atoms with Crippen molar-refractivity contribution in [3.8, 4) is 11.6 Å². The summed E-state index contributed by atoms with van der Waals surface area (Å²) in [4.78, 5) is 18.6. The Kier molecular flexibility index (Phi) is 6.38. The molecule has 0 spiro atoms. The lowest BCUT2D eigenvalue weighted by atomic mass is 10.1. The monoisotopic (exact) mass is 368 g/mol. The van der Waals surface area contributed by atoms with E-state index in [-0.39, 0.29) is 12.3 Å². The Morgan fingerprint density at radius 2 is 2.07 bits per heavy atom. The zero-order valence-electron chi connectivity index (χ0n) is 15.6. The van der Waals surface area contributed by atoms with Gasteiger partial charge in [0.05, 0.1) is 6.26 Å². The number of rotatable bonds is 9. The normalized spacial score (nSPS) is 11.1. The van der Waals surface area contributed by atoms with Crippen LogP contribution >= 0.6 is 0 Å². The van der Waals surface area contributed by atoms with Crippen molar-refractivity contribution in [2.24, 2.45) is 0 Å². The van der Waals surface area contributed by atoms with Crippen LogP contribution < -0.4 is 5.32 Å². The molecule has 7 heteroatoms. The van der Waals surface area contributed by atoms with E-state index in [2.05, 4.69) is 46.5 Å². The first kappa shape index (κ1) is 18.8. The van der Waals surface area contributed by atoms with Gasteiger partial charge in [-0.05, 0) is 36.9 Å². The highest BCUT2D eigenvalue weighted by Gasteiger charge is 2.12. The summed E-state index contributed by atoms with van der Waals surface area (Å²) in [6.45, 7) is 4.53. The molecule has 3 rings (SSSR count). The first-order chi connectivity index (χ1) is 13.1. The SMILES string of the molecule is CCN(C)Cc1cccc(CNC(=O)CCc2nc(-c3ccco3)no2)c1. The summed E-state index contributed by atoms with van der Waals surface area (Å²) in [5, 5.41) is 6.79. The topological polar surface area (TPSA) is 84.4 Å². The Morgan fingerprint density at radius 1 is 1.22 bits per heavy atom. The van der Waals surface area contributed by atoms with Crippen molar-refractivity contribution >= 4 is 5.91 Å². The number of aryl methyl sites for hydroxylation is 1. The average Bonchev–Trinajstić information content (AvgIpc) is 3.36. The average molecular weight is 368 g/mol. The molecule has 0 saturated heterocycles. The van der Waals surface area contributed by atoms with Crippen molar-refractivity contribution in [3.63, 3.8) is 0 Å². The number of hydrogen-bond acceptors (Lipinski definition) is 6. The molecule has 1 amide bonds. The van der Waals surface area contributed by atoms with Crippen LogP contribution in [0.15, 0.2) is 51.6 Å². The summed E-state index contributed by atoms with van der Waals surface area (Å²) >= 11 is 0. The van der Waals surface area contributed by atoms with Gasteiger partial charge in [0.2, 0.25) is 17.6 Å². The number of nitrogens with one attached hydrogen (secondary N) is 1. The Bertz CT molecular complexity index is 858. The second-order valence-electron chi connectivity index (χ2n) is 6.42. The molecular weight excluding hydrogens is 344 g/mol. The van der Waals surface area contributed by atoms with Crippen molar-refractivity contribution in [1.82, 2.24) is 20.4 Å². The third kappa shape index (κ3) is 5.52. The summed E-state index contributed by atoms with van der Waals surface area (Å²) in [5.74, 6) is 1.30. The molecule has 0 radical (unpaired) electrons. The fourth-order valence-corrected chi connectivity index (χ4v) is 2.63. The van der Waals surface area contributed by atoms with Gasteiger partial charge in [0, 0.05) is 25.9 Å². The number of carbonyl (C=O) groups is 1. The number of furan rings is 1. The van der Waals surface area contributed by atoms with Crippen LogP contribution in [0.2, 0.25) is 0 Å². The van der Waals surface area contributed by atoms with E-state index in [1.807, 2.05) is 12.1 Å². The number of carbonyl (C=O) groups excluding carboxylic acids is 1. The lowest BCUT2D eigenvalue weighted by molar-refractivity contribution is -0.121. The fourth-order valence-electron chi connectivity index (χ4n) is 2.63. The molecular formula is C20H24N4O3. The van der Waals surface area contributed by atoms with Crippen molar-refractivity contribution in [2.45, 2.75) is 32.9 Å². The molecule has 27 heavy (non-hydrogen) atoms. The number of amides is 1. The van der Waals surface area contributed by atoms with Crippen molar-refractivity contribution in [1.29, 1.82) is 0 Å². The molecule has 0 aliphatic rings. The second-order valence-corrected chi connectivity index (χ2v) is 6.42. The summed E-state index contributed by atoms with van der Waals surface area (Å²) in [5.41, 5.74) is 2.32. The van der Waals surface area contributed by atoms with Crippen LogP contribution in [0.1, 0.15) is 30.4 Å². The van der Waals surface area contributed by atoms with E-state index in [1.165, 1.54) is 5.56 Å². The van der Waals surface area contributed by atoms with Crippen LogP contribution in [0.4, 0.5) is 0 Å². The van der Waals surface area contributed by atoms with Gasteiger partial charge in [-0.15, -0.1) is 0 Å². The van der Waals surface area contributed by atoms with Crippen LogP contribution in [0.25, 0.3) is 11.6 Å². The predicted octanol–water partition coefficient (Wildman–Crippen LogP) is 3.03. The maximum atomic E-state index is 12.1. The molecule has 0 saturated carbocycles. The van der Waals surface area contributed by atoms with E-state index in [0.717, 1.165) is 18.7 Å². The second kappa shape index (κ2) is 9.14. The van der Waals surface area contributed by atoms with E-state index >= 15 is 0 Å². The lowest BCUT2D eigenvalue weighted by Gasteiger charge is -2.14. The molecule has 2 aromatic heterocycles. The van der Waals surface area contributed by atoms with E-state index in [4.69, 9.17) is 8.94 Å². The molecule has 0 atom stereocenters. The summed E-state index contributed by atoms with van der Waals surface area (Å²) in [6, 6.07) is 11.8. The van der Waals surface area contributed by atoms with Crippen LogP contribution in [0, 0.1) is 0 Å². The highest BCUT2D eigenvalue weighted by atomic mass is 16.5. The van der Waals surface area contributed by atoms with Crippen molar-refractivity contribution in [3.05, 3.63) is 59.7 Å². The van der Waals surface area contributed by atoms with E-state index in [0.29, 0.717) is 30.4 Å². The zero-order valence-corrected chi connectivity index (χ0v) is 15.6. The number of aromatic nitrogens is 2. The standard InChI is InChI=1S/C20H24N4O3/c1-3-24(2)14-16-7-4-6-15(12-16)13-21-18(25)9-10-19-22-20(23-27-19)17-8-5-11-26-17/h4-8,11-12H,3,9-10,13-14H2,1-2H3,(H,21,25). The number of hydrogen-bond donors (Lipinski definition) is 1. The molecule has 1 N–H and O–H groups in total. The third-order valence-electron chi connectivity index (χ3n) is 4.25. The number of nitrogens with zero attached hydrogens (tertiary/aromatic N) is 3. The minimum absolute atomic E-state index is 0.0520. The predicted molar refractivity (Wildman–Crippen MR) is 101 cm³/mol. The quantitative estimate of drug-likeness (QED) is 0.625. The number of benzene rings is 1. The zero-order chi connectivity index (χ0) is 19.1. The van der Waals surface area contributed by atoms with Gasteiger partial charge in [-0.1, -0.05) is 36.3 Å². The largest absolute Gasteiger partial charge is 0.461 e. The van der Waals surface area contributed by atoms with Crippen molar-refractivity contribution in [2.75, 3.05) is 13.6 Å².